The summed E-state index contributed by atoms with van der Waals surface area (Å²) in [5.74, 6) is 2.86. The fourth-order valence-corrected chi connectivity index (χ4v) is 3.93. The molecule has 1 aliphatic rings. The molecular formula is C23H28N6O. The van der Waals surface area contributed by atoms with Gasteiger partial charge in [0.2, 0.25) is 5.91 Å². The van der Waals surface area contributed by atoms with Crippen molar-refractivity contribution < 1.29 is 4.79 Å². The van der Waals surface area contributed by atoms with E-state index in [1.54, 1.807) is 12.5 Å². The van der Waals surface area contributed by atoms with Crippen LogP contribution in [0.3, 0.4) is 0 Å². The van der Waals surface area contributed by atoms with Gasteiger partial charge in [-0.2, -0.15) is 0 Å². The molecule has 3 aromatic rings. The third-order valence-electron chi connectivity index (χ3n) is 5.68. The number of aromatic nitrogens is 4. The van der Waals surface area contributed by atoms with E-state index in [1.807, 2.05) is 29.8 Å². The molecule has 1 N–H and O–H groups in total. The largest absolute Gasteiger partial charge is 0.356 e. The van der Waals surface area contributed by atoms with E-state index in [-0.39, 0.29) is 11.8 Å². The second-order valence-corrected chi connectivity index (χ2v) is 7.72. The van der Waals surface area contributed by atoms with Crippen LogP contribution in [0.2, 0.25) is 0 Å². The number of nitrogens with zero attached hydrogens (tertiary/aromatic N) is 5. The molecule has 0 unspecified atom stereocenters. The standard InChI is InChI=1S/C23H28N6O/c1-18-24-12-15-29(18)22-16-21(26-17-27-22)28-13-9-20(10-14-28)23(30)25-11-5-8-19-6-3-2-4-7-19/h2-4,6-7,12,15-17,20H,5,8-11,13-14H2,1H3,(H,25,30). The lowest BCUT2D eigenvalue weighted by atomic mass is 9.96. The maximum absolute atomic E-state index is 12.5. The highest BCUT2D eigenvalue weighted by molar-refractivity contribution is 5.78. The Labute approximate surface area is 177 Å². The first-order valence-corrected chi connectivity index (χ1v) is 10.6. The van der Waals surface area contributed by atoms with E-state index in [4.69, 9.17) is 0 Å². The molecule has 1 aromatic carbocycles. The van der Waals surface area contributed by atoms with Gasteiger partial charge in [0.15, 0.2) is 0 Å². The topological polar surface area (TPSA) is 75.9 Å². The lowest BCUT2D eigenvalue weighted by molar-refractivity contribution is -0.125. The van der Waals surface area contributed by atoms with E-state index >= 15 is 0 Å². The Morgan fingerprint density at radius 1 is 1.10 bits per heavy atom. The zero-order valence-corrected chi connectivity index (χ0v) is 17.4. The van der Waals surface area contributed by atoms with Gasteiger partial charge in [-0.15, -0.1) is 0 Å². The second-order valence-electron chi connectivity index (χ2n) is 7.72. The highest BCUT2D eigenvalue weighted by Gasteiger charge is 2.25. The van der Waals surface area contributed by atoms with Crippen LogP contribution >= 0.6 is 0 Å². The molecule has 0 aliphatic carbocycles. The molecule has 1 saturated heterocycles. The van der Waals surface area contributed by atoms with Crippen LogP contribution in [-0.4, -0.2) is 45.1 Å². The van der Waals surface area contributed by atoms with Crippen molar-refractivity contribution in [3.63, 3.8) is 0 Å². The molecule has 1 fully saturated rings. The van der Waals surface area contributed by atoms with Crippen molar-refractivity contribution in [1.82, 2.24) is 24.8 Å². The molecule has 7 heteroatoms. The highest BCUT2D eigenvalue weighted by atomic mass is 16.1. The van der Waals surface area contributed by atoms with Crippen LogP contribution in [0.5, 0.6) is 0 Å². The minimum atomic E-state index is 0.0789. The van der Waals surface area contributed by atoms with E-state index in [1.165, 1.54) is 5.56 Å². The quantitative estimate of drug-likeness (QED) is 0.613. The number of imidazole rings is 1. The van der Waals surface area contributed by atoms with Crippen molar-refractivity contribution in [1.29, 1.82) is 0 Å². The Balaban J connectivity index is 1.25. The molecule has 4 rings (SSSR count). The summed E-state index contributed by atoms with van der Waals surface area (Å²) in [5.41, 5.74) is 1.31. The number of hydrogen-bond acceptors (Lipinski definition) is 5. The zero-order chi connectivity index (χ0) is 20.8. The number of aryl methyl sites for hydroxylation is 2. The molecule has 3 heterocycles. The summed E-state index contributed by atoms with van der Waals surface area (Å²) >= 11 is 0. The minimum absolute atomic E-state index is 0.0789. The fourth-order valence-electron chi connectivity index (χ4n) is 3.93. The molecule has 0 radical (unpaired) electrons. The molecule has 0 spiro atoms. The Kier molecular flexibility index (Phi) is 6.37. The van der Waals surface area contributed by atoms with Gasteiger partial charge in [0.05, 0.1) is 0 Å². The summed E-state index contributed by atoms with van der Waals surface area (Å²) in [6.45, 7) is 4.32. The lowest BCUT2D eigenvalue weighted by Gasteiger charge is -2.32. The molecule has 156 valence electrons. The average Bonchev–Trinajstić information content (AvgIpc) is 3.23. The van der Waals surface area contributed by atoms with Gasteiger partial charge in [0.25, 0.3) is 0 Å². The first-order valence-electron chi connectivity index (χ1n) is 10.6. The Morgan fingerprint density at radius 3 is 2.60 bits per heavy atom. The predicted molar refractivity (Wildman–Crippen MR) is 117 cm³/mol. The molecule has 2 aromatic heterocycles. The monoisotopic (exact) mass is 404 g/mol. The zero-order valence-electron chi connectivity index (χ0n) is 17.4. The summed E-state index contributed by atoms with van der Waals surface area (Å²) in [6, 6.07) is 12.4. The average molecular weight is 405 g/mol. The summed E-state index contributed by atoms with van der Waals surface area (Å²) in [7, 11) is 0. The van der Waals surface area contributed by atoms with Crippen LogP contribution in [0.15, 0.2) is 55.1 Å². The van der Waals surface area contributed by atoms with Gasteiger partial charge in [0.1, 0.15) is 23.8 Å². The Bertz CT molecular complexity index is 963. The van der Waals surface area contributed by atoms with Gasteiger partial charge >= 0.3 is 0 Å². The maximum Gasteiger partial charge on any atom is 0.223 e. The second kappa shape index (κ2) is 9.52. The fraction of sp³-hybridized carbons (Fsp3) is 0.391. The first kappa shape index (κ1) is 20.1. The van der Waals surface area contributed by atoms with E-state index in [9.17, 15) is 4.79 Å². The van der Waals surface area contributed by atoms with Crippen LogP contribution < -0.4 is 10.2 Å². The van der Waals surface area contributed by atoms with Crippen LogP contribution in [-0.2, 0) is 11.2 Å². The maximum atomic E-state index is 12.5. The van der Waals surface area contributed by atoms with Crippen molar-refractivity contribution in [2.24, 2.45) is 5.92 Å². The summed E-state index contributed by atoms with van der Waals surface area (Å²) in [5, 5.41) is 3.12. The number of rotatable bonds is 7. The number of benzene rings is 1. The molecule has 0 bridgehead atoms. The SMILES string of the molecule is Cc1nccn1-c1cc(N2CCC(C(=O)NCCCc3ccccc3)CC2)ncn1. The van der Waals surface area contributed by atoms with Gasteiger partial charge in [-0.1, -0.05) is 30.3 Å². The Hall–Kier alpha value is -3.22. The van der Waals surface area contributed by atoms with Crippen molar-refractivity contribution >= 4 is 11.7 Å². The minimum Gasteiger partial charge on any atom is -0.356 e. The molecule has 0 saturated carbocycles. The molecule has 30 heavy (non-hydrogen) atoms. The molecule has 1 aliphatic heterocycles. The van der Waals surface area contributed by atoms with E-state index < -0.39 is 0 Å². The van der Waals surface area contributed by atoms with E-state index in [0.29, 0.717) is 0 Å². The number of nitrogens with one attached hydrogen (secondary N) is 1. The molecule has 7 nitrogen and oxygen atoms in total. The van der Waals surface area contributed by atoms with E-state index in [0.717, 1.165) is 62.8 Å². The number of anilines is 1. The van der Waals surface area contributed by atoms with Gasteiger partial charge in [0, 0.05) is 44.0 Å². The number of carbonyl (C=O) groups excluding carboxylic acids is 1. The highest BCUT2D eigenvalue weighted by Crippen LogP contribution is 2.23. The summed E-state index contributed by atoms with van der Waals surface area (Å²) in [4.78, 5) is 27.8. The molecule has 1 amide bonds. The van der Waals surface area contributed by atoms with Crippen molar-refractivity contribution in [2.45, 2.75) is 32.6 Å². The number of amides is 1. The van der Waals surface area contributed by atoms with Crippen molar-refractivity contribution in [3.8, 4) is 5.82 Å². The van der Waals surface area contributed by atoms with Crippen molar-refractivity contribution in [3.05, 3.63) is 66.5 Å². The van der Waals surface area contributed by atoms with Crippen molar-refractivity contribution in [2.75, 3.05) is 24.5 Å². The van der Waals surface area contributed by atoms with Crippen LogP contribution in [0.25, 0.3) is 5.82 Å². The first-order chi connectivity index (χ1) is 14.7. The number of hydrogen-bond donors (Lipinski definition) is 1. The van der Waals surface area contributed by atoms with Crippen LogP contribution in [0.4, 0.5) is 5.82 Å². The molecular weight excluding hydrogens is 376 g/mol. The lowest BCUT2D eigenvalue weighted by Crippen LogP contribution is -2.41. The van der Waals surface area contributed by atoms with Gasteiger partial charge < -0.3 is 10.2 Å². The van der Waals surface area contributed by atoms with Crippen LogP contribution in [0, 0.1) is 12.8 Å². The third-order valence-corrected chi connectivity index (χ3v) is 5.68. The Morgan fingerprint density at radius 2 is 1.87 bits per heavy atom. The van der Waals surface area contributed by atoms with Crippen LogP contribution in [0.1, 0.15) is 30.7 Å². The smallest absolute Gasteiger partial charge is 0.223 e. The van der Waals surface area contributed by atoms with Gasteiger partial charge in [-0.3, -0.25) is 9.36 Å². The van der Waals surface area contributed by atoms with E-state index in [2.05, 4.69) is 49.4 Å². The third kappa shape index (κ3) is 4.84. The predicted octanol–water partition coefficient (Wildman–Crippen LogP) is 2.94. The van der Waals surface area contributed by atoms with Gasteiger partial charge in [-0.05, 0) is 38.2 Å². The summed E-state index contributed by atoms with van der Waals surface area (Å²) in [6.07, 6.45) is 8.90. The molecule has 0 atom stereocenters. The number of carbonyl (C=O) groups is 1. The van der Waals surface area contributed by atoms with Gasteiger partial charge in [-0.25, -0.2) is 15.0 Å². The summed E-state index contributed by atoms with van der Waals surface area (Å²) < 4.78 is 1.95. The number of piperidine rings is 1. The normalized spacial score (nSPS) is 14.6.